The smallest absolute Gasteiger partial charge is 0.342 e. The Bertz CT molecular complexity index is 729. The van der Waals surface area contributed by atoms with Crippen molar-refractivity contribution in [2.24, 2.45) is 10.9 Å². The van der Waals surface area contributed by atoms with Crippen LogP contribution in [0.15, 0.2) is 53.8 Å². The van der Waals surface area contributed by atoms with Crippen LogP contribution >= 0.6 is 0 Å². The van der Waals surface area contributed by atoms with Crippen LogP contribution in [0.4, 0.5) is 5.69 Å². The Hall–Kier alpha value is -3.29. The summed E-state index contributed by atoms with van der Waals surface area (Å²) >= 11 is 0. The number of nitro benzene ring substituents is 1. The molecule has 0 unspecified atom stereocenters. The topological polar surface area (TPSA) is 121 Å². The molecule has 2 rings (SSSR count). The number of hydrogen-bond acceptors (Lipinski definition) is 6. The number of oxime groups is 1. The summed E-state index contributed by atoms with van der Waals surface area (Å²) in [5.41, 5.74) is 6.59. The molecule has 1 atom stereocenters. The van der Waals surface area contributed by atoms with Crippen LogP contribution in [-0.4, -0.2) is 21.7 Å². The minimum absolute atomic E-state index is 0.0187. The minimum Gasteiger partial charge on any atom is -0.379 e. The third kappa shape index (κ3) is 4.10. The Morgan fingerprint density at radius 1 is 1.30 bits per heavy atom. The zero-order valence-electron chi connectivity index (χ0n) is 12.2. The number of nitro groups is 1. The number of benzene rings is 1. The molecule has 0 saturated carbocycles. The molecule has 0 spiro atoms. The van der Waals surface area contributed by atoms with Gasteiger partial charge in [0.05, 0.1) is 10.8 Å². The predicted octanol–water partition coefficient (Wildman–Crippen LogP) is 1.96. The molecule has 8 nitrogen and oxygen atoms in total. The lowest BCUT2D eigenvalue weighted by atomic mass is 10.0. The van der Waals surface area contributed by atoms with Gasteiger partial charge >= 0.3 is 5.97 Å². The number of amidine groups is 1. The van der Waals surface area contributed by atoms with Gasteiger partial charge in [0, 0.05) is 18.3 Å². The van der Waals surface area contributed by atoms with Crippen LogP contribution < -0.4 is 5.73 Å². The zero-order chi connectivity index (χ0) is 16.8. The predicted molar refractivity (Wildman–Crippen MR) is 82.6 cm³/mol. The molecule has 23 heavy (non-hydrogen) atoms. The number of non-ortho nitro benzene ring substituents is 1. The van der Waals surface area contributed by atoms with Gasteiger partial charge in [-0.2, -0.15) is 0 Å². The summed E-state index contributed by atoms with van der Waals surface area (Å²) in [6, 6.07) is 10.7. The van der Waals surface area contributed by atoms with E-state index in [-0.39, 0.29) is 11.5 Å². The van der Waals surface area contributed by atoms with Crippen LogP contribution in [0.25, 0.3) is 0 Å². The number of hydrogen-bond donors (Lipinski definition) is 1. The van der Waals surface area contributed by atoms with E-state index >= 15 is 0 Å². The van der Waals surface area contributed by atoms with Crippen molar-refractivity contribution in [1.82, 2.24) is 4.98 Å². The normalized spacial score (nSPS) is 12.5. The fourth-order valence-corrected chi connectivity index (χ4v) is 1.76. The highest BCUT2D eigenvalue weighted by molar-refractivity contribution is 5.95. The molecule has 0 bridgehead atoms. The lowest BCUT2D eigenvalue weighted by Crippen LogP contribution is -2.18. The van der Waals surface area contributed by atoms with Crippen LogP contribution in [-0.2, 0) is 9.63 Å². The Morgan fingerprint density at radius 2 is 2.00 bits per heavy atom. The maximum atomic E-state index is 12.0. The summed E-state index contributed by atoms with van der Waals surface area (Å²) < 4.78 is 0. The van der Waals surface area contributed by atoms with Gasteiger partial charge in [-0.25, -0.2) is 4.79 Å². The molecular weight excluding hydrogens is 300 g/mol. The molecule has 2 aromatic rings. The maximum absolute atomic E-state index is 12.0. The lowest BCUT2D eigenvalue weighted by molar-refractivity contribution is -0.384. The van der Waals surface area contributed by atoms with Crippen molar-refractivity contribution in [3.05, 3.63) is 70.0 Å². The van der Waals surface area contributed by atoms with E-state index in [1.54, 1.807) is 31.3 Å². The van der Waals surface area contributed by atoms with Gasteiger partial charge in [0.25, 0.3) is 5.69 Å². The van der Waals surface area contributed by atoms with Crippen LogP contribution in [0.2, 0.25) is 0 Å². The molecule has 0 radical (unpaired) electrons. The first-order chi connectivity index (χ1) is 11.0. The molecule has 1 aromatic heterocycles. The summed E-state index contributed by atoms with van der Waals surface area (Å²) in [6.45, 7) is 1.61. The van der Waals surface area contributed by atoms with Gasteiger partial charge in [-0.05, 0) is 24.6 Å². The molecule has 0 aliphatic carbocycles. The van der Waals surface area contributed by atoms with Gasteiger partial charge in [-0.15, -0.1) is 0 Å². The van der Waals surface area contributed by atoms with E-state index in [1.165, 1.54) is 24.3 Å². The highest BCUT2D eigenvalue weighted by atomic mass is 16.7. The molecule has 0 amide bonds. The monoisotopic (exact) mass is 314 g/mol. The highest BCUT2D eigenvalue weighted by Crippen LogP contribution is 2.20. The zero-order valence-corrected chi connectivity index (χ0v) is 12.2. The van der Waals surface area contributed by atoms with E-state index in [2.05, 4.69) is 10.1 Å². The van der Waals surface area contributed by atoms with Crippen molar-refractivity contribution >= 4 is 17.5 Å². The molecule has 1 aromatic carbocycles. The molecule has 0 fully saturated rings. The molecular formula is C15H14N4O4. The van der Waals surface area contributed by atoms with E-state index in [9.17, 15) is 14.9 Å². The van der Waals surface area contributed by atoms with Crippen LogP contribution in [0, 0.1) is 10.1 Å². The number of rotatable bonds is 5. The van der Waals surface area contributed by atoms with Crippen molar-refractivity contribution in [1.29, 1.82) is 0 Å². The maximum Gasteiger partial charge on any atom is 0.342 e. The van der Waals surface area contributed by atoms with Gasteiger partial charge < -0.3 is 10.6 Å². The lowest BCUT2D eigenvalue weighted by Gasteiger charge is -2.08. The van der Waals surface area contributed by atoms with Gasteiger partial charge in [0.1, 0.15) is 5.69 Å². The summed E-state index contributed by atoms with van der Waals surface area (Å²) in [4.78, 5) is 30.8. The second kappa shape index (κ2) is 7.12. The van der Waals surface area contributed by atoms with Gasteiger partial charge in [0.2, 0.25) is 0 Å². The van der Waals surface area contributed by atoms with Crippen molar-refractivity contribution in [2.75, 3.05) is 0 Å². The van der Waals surface area contributed by atoms with E-state index < -0.39 is 16.8 Å². The molecule has 0 aliphatic heterocycles. The van der Waals surface area contributed by atoms with E-state index in [1.807, 2.05) is 0 Å². The Morgan fingerprint density at radius 3 is 2.57 bits per heavy atom. The number of carbonyl (C=O) groups is 1. The van der Waals surface area contributed by atoms with Crippen LogP contribution in [0.3, 0.4) is 0 Å². The summed E-state index contributed by atoms with van der Waals surface area (Å²) in [5, 5.41) is 14.2. The summed E-state index contributed by atoms with van der Waals surface area (Å²) in [7, 11) is 0. The quantitative estimate of drug-likeness (QED) is 0.296. The van der Waals surface area contributed by atoms with Crippen molar-refractivity contribution in [2.45, 2.75) is 12.8 Å². The van der Waals surface area contributed by atoms with Gasteiger partial charge in [-0.1, -0.05) is 23.4 Å². The second-order valence-corrected chi connectivity index (χ2v) is 4.67. The Balaban J connectivity index is 2.04. The third-order valence-corrected chi connectivity index (χ3v) is 3.12. The highest BCUT2D eigenvalue weighted by Gasteiger charge is 2.18. The van der Waals surface area contributed by atoms with Gasteiger partial charge in [-0.3, -0.25) is 15.1 Å². The number of pyridine rings is 1. The Labute approximate surface area is 131 Å². The molecule has 118 valence electrons. The first-order valence-corrected chi connectivity index (χ1v) is 6.69. The molecule has 1 heterocycles. The first kappa shape index (κ1) is 16.1. The standard InChI is InChI=1S/C15H14N4O4/c1-10(11-5-7-12(8-6-11)19(21)22)15(20)23-18-14(16)13-4-2-3-9-17-13/h2-10H,1H3,(H2,16,18)/t10-/m0/s1. The average Bonchev–Trinajstić information content (AvgIpc) is 2.59. The number of carbonyl (C=O) groups excluding carboxylic acids is 1. The van der Waals surface area contributed by atoms with Crippen molar-refractivity contribution in [3.63, 3.8) is 0 Å². The minimum atomic E-state index is -0.643. The second-order valence-electron chi connectivity index (χ2n) is 4.67. The van der Waals surface area contributed by atoms with Crippen molar-refractivity contribution < 1.29 is 14.6 Å². The first-order valence-electron chi connectivity index (χ1n) is 6.69. The van der Waals surface area contributed by atoms with E-state index in [0.717, 1.165) is 0 Å². The number of nitrogens with zero attached hydrogens (tertiary/aromatic N) is 3. The number of aromatic nitrogens is 1. The largest absolute Gasteiger partial charge is 0.379 e. The summed E-state index contributed by atoms with van der Waals surface area (Å²) in [6.07, 6.45) is 1.54. The average molecular weight is 314 g/mol. The van der Waals surface area contributed by atoms with Crippen LogP contribution in [0.5, 0.6) is 0 Å². The third-order valence-electron chi connectivity index (χ3n) is 3.12. The Kier molecular flexibility index (Phi) is 4.98. The SMILES string of the molecule is C[C@H](C(=O)O/N=C(/N)c1ccccn1)c1ccc([N+](=O)[O-])cc1. The molecule has 8 heteroatoms. The van der Waals surface area contributed by atoms with Crippen molar-refractivity contribution in [3.8, 4) is 0 Å². The fourth-order valence-electron chi connectivity index (χ4n) is 1.76. The number of nitrogens with two attached hydrogens (primary N) is 1. The van der Waals surface area contributed by atoms with Crippen LogP contribution in [0.1, 0.15) is 24.1 Å². The molecule has 2 N–H and O–H groups in total. The fraction of sp³-hybridized carbons (Fsp3) is 0.133. The molecule has 0 aliphatic rings. The van der Waals surface area contributed by atoms with Gasteiger partial charge in [0.15, 0.2) is 5.84 Å². The van der Waals surface area contributed by atoms with E-state index in [4.69, 9.17) is 10.6 Å². The summed E-state index contributed by atoms with van der Waals surface area (Å²) in [5.74, 6) is -1.29. The van der Waals surface area contributed by atoms with E-state index in [0.29, 0.717) is 11.3 Å². The molecule has 0 saturated heterocycles.